The zero-order chi connectivity index (χ0) is 20.3. The summed E-state index contributed by atoms with van der Waals surface area (Å²) in [4.78, 5) is 12.2. The van der Waals surface area contributed by atoms with Crippen molar-refractivity contribution < 1.29 is 14.3 Å². The van der Waals surface area contributed by atoms with Crippen molar-refractivity contribution >= 4 is 5.91 Å². The molecule has 1 aliphatic heterocycles. The summed E-state index contributed by atoms with van der Waals surface area (Å²) in [6.45, 7) is 4.62. The van der Waals surface area contributed by atoms with Gasteiger partial charge in [-0.2, -0.15) is 5.10 Å². The smallest absolute Gasteiger partial charge is 0.257 e. The zero-order valence-electron chi connectivity index (χ0n) is 16.7. The van der Waals surface area contributed by atoms with Crippen LogP contribution in [0.5, 0.6) is 11.5 Å². The Morgan fingerprint density at radius 3 is 2.79 bits per heavy atom. The number of carbonyl (C=O) groups is 1. The Hall–Kier alpha value is -3.28. The molecule has 3 aromatic rings. The van der Waals surface area contributed by atoms with E-state index >= 15 is 0 Å². The van der Waals surface area contributed by atoms with Crippen LogP contribution in [0.3, 0.4) is 0 Å². The minimum Gasteiger partial charge on any atom is -0.483 e. The van der Waals surface area contributed by atoms with E-state index in [2.05, 4.69) is 10.4 Å². The second kappa shape index (κ2) is 7.99. The summed E-state index contributed by atoms with van der Waals surface area (Å²) >= 11 is 0. The molecule has 1 amide bonds. The van der Waals surface area contributed by atoms with Gasteiger partial charge in [-0.15, -0.1) is 0 Å². The number of hydrogen-bond donors (Lipinski definition) is 1. The van der Waals surface area contributed by atoms with Crippen molar-refractivity contribution in [1.82, 2.24) is 15.1 Å². The van der Waals surface area contributed by atoms with Crippen LogP contribution in [0.25, 0.3) is 5.69 Å². The van der Waals surface area contributed by atoms with E-state index < -0.39 is 0 Å². The average Bonchev–Trinajstić information content (AvgIpc) is 3.33. The van der Waals surface area contributed by atoms with Crippen molar-refractivity contribution in [3.8, 4) is 17.2 Å². The Bertz CT molecular complexity index is 979. The molecular weight excluding hydrogens is 366 g/mol. The lowest BCUT2D eigenvalue weighted by Crippen LogP contribution is -2.30. The number of hydrogen-bond acceptors (Lipinski definition) is 4. The standard InChI is InChI=1S/C23H25N3O3/c1-23(2)15-18-5-3-6-20(22(18)29-23)28-16-21(27)24-13-11-17-7-9-19(10-8-17)26-14-4-12-25-26/h3-10,12,14H,11,13,15-16H2,1-2H3,(H,24,27). The highest BCUT2D eigenvalue weighted by molar-refractivity contribution is 5.77. The number of nitrogens with one attached hydrogen (secondary N) is 1. The maximum Gasteiger partial charge on any atom is 0.257 e. The maximum absolute atomic E-state index is 12.2. The normalized spacial score (nSPS) is 14.1. The first kappa shape index (κ1) is 19.1. The molecule has 0 aliphatic carbocycles. The van der Waals surface area contributed by atoms with Gasteiger partial charge in [-0.3, -0.25) is 4.79 Å². The van der Waals surface area contributed by atoms with Crippen molar-refractivity contribution in [3.63, 3.8) is 0 Å². The number of ether oxygens (including phenoxy) is 2. The van der Waals surface area contributed by atoms with Crippen LogP contribution in [0.4, 0.5) is 0 Å². The molecule has 150 valence electrons. The Labute approximate surface area is 170 Å². The van der Waals surface area contributed by atoms with Crippen molar-refractivity contribution in [3.05, 3.63) is 72.1 Å². The Kier molecular flexibility index (Phi) is 5.25. The number of carbonyl (C=O) groups excluding carboxylic acids is 1. The van der Waals surface area contributed by atoms with Gasteiger partial charge in [-0.1, -0.05) is 24.3 Å². The predicted molar refractivity (Wildman–Crippen MR) is 111 cm³/mol. The van der Waals surface area contributed by atoms with Gasteiger partial charge in [-0.05, 0) is 50.1 Å². The van der Waals surface area contributed by atoms with E-state index in [1.165, 1.54) is 0 Å². The summed E-state index contributed by atoms with van der Waals surface area (Å²) in [6, 6.07) is 15.8. The molecule has 0 saturated carbocycles. The van der Waals surface area contributed by atoms with Gasteiger partial charge >= 0.3 is 0 Å². The molecule has 0 spiro atoms. The first-order valence-electron chi connectivity index (χ1n) is 9.79. The zero-order valence-corrected chi connectivity index (χ0v) is 16.7. The first-order chi connectivity index (χ1) is 14.0. The summed E-state index contributed by atoms with van der Waals surface area (Å²) in [5, 5.41) is 7.12. The number of nitrogens with zero attached hydrogens (tertiary/aromatic N) is 2. The van der Waals surface area contributed by atoms with Crippen molar-refractivity contribution in [2.45, 2.75) is 32.3 Å². The number of fused-ring (bicyclic) bond motifs is 1. The van der Waals surface area contributed by atoms with E-state index in [0.29, 0.717) is 12.3 Å². The van der Waals surface area contributed by atoms with E-state index in [9.17, 15) is 4.79 Å². The molecule has 4 rings (SSSR count). The number of benzene rings is 2. The highest BCUT2D eigenvalue weighted by Crippen LogP contribution is 2.41. The fourth-order valence-electron chi connectivity index (χ4n) is 3.48. The quantitative estimate of drug-likeness (QED) is 0.671. The van der Waals surface area contributed by atoms with Crippen molar-refractivity contribution in [1.29, 1.82) is 0 Å². The monoisotopic (exact) mass is 391 g/mol. The van der Waals surface area contributed by atoms with Crippen LogP contribution < -0.4 is 14.8 Å². The third-order valence-corrected chi connectivity index (χ3v) is 4.85. The molecule has 2 heterocycles. The molecule has 1 aliphatic rings. The Morgan fingerprint density at radius 1 is 1.21 bits per heavy atom. The number of amides is 1. The fourth-order valence-corrected chi connectivity index (χ4v) is 3.48. The first-order valence-corrected chi connectivity index (χ1v) is 9.79. The van der Waals surface area contributed by atoms with Gasteiger partial charge in [0.25, 0.3) is 5.91 Å². The lowest BCUT2D eigenvalue weighted by Gasteiger charge is -2.18. The number of aromatic nitrogens is 2. The highest BCUT2D eigenvalue weighted by atomic mass is 16.5. The van der Waals surface area contributed by atoms with E-state index in [0.717, 1.165) is 35.4 Å². The molecule has 0 atom stereocenters. The van der Waals surface area contributed by atoms with Gasteiger partial charge in [0, 0.05) is 30.9 Å². The molecule has 0 bridgehead atoms. The SMILES string of the molecule is CC1(C)Cc2cccc(OCC(=O)NCCc3ccc(-n4cccn4)cc3)c2O1. The van der Waals surface area contributed by atoms with Gasteiger partial charge in [0.05, 0.1) is 5.69 Å². The van der Waals surface area contributed by atoms with Crippen LogP contribution in [-0.4, -0.2) is 34.4 Å². The lowest BCUT2D eigenvalue weighted by molar-refractivity contribution is -0.123. The Balaban J connectivity index is 1.24. The second-order valence-corrected chi connectivity index (χ2v) is 7.79. The number of rotatable bonds is 7. The van der Waals surface area contributed by atoms with Gasteiger partial charge in [0.15, 0.2) is 18.1 Å². The van der Waals surface area contributed by atoms with Gasteiger partial charge < -0.3 is 14.8 Å². The Morgan fingerprint density at radius 2 is 2.03 bits per heavy atom. The van der Waals surface area contributed by atoms with Gasteiger partial charge in [-0.25, -0.2) is 4.68 Å². The minimum absolute atomic E-state index is 0.0293. The van der Waals surface area contributed by atoms with Crippen LogP contribution in [0.2, 0.25) is 0 Å². The molecule has 0 fully saturated rings. The topological polar surface area (TPSA) is 65.4 Å². The van der Waals surface area contributed by atoms with Crippen LogP contribution in [0.15, 0.2) is 60.9 Å². The van der Waals surface area contributed by atoms with E-state index in [-0.39, 0.29) is 18.1 Å². The molecule has 6 heteroatoms. The summed E-state index contributed by atoms with van der Waals surface area (Å²) in [5.74, 6) is 1.23. The summed E-state index contributed by atoms with van der Waals surface area (Å²) in [7, 11) is 0. The average molecular weight is 391 g/mol. The van der Waals surface area contributed by atoms with Crippen LogP contribution in [-0.2, 0) is 17.6 Å². The predicted octanol–water partition coefficient (Wildman–Crippen LogP) is 3.32. The largest absolute Gasteiger partial charge is 0.483 e. The van der Waals surface area contributed by atoms with E-state index in [1.807, 2.05) is 73.3 Å². The molecule has 0 saturated heterocycles. The third kappa shape index (κ3) is 4.59. The summed E-state index contributed by atoms with van der Waals surface area (Å²) < 4.78 is 13.5. The molecule has 0 radical (unpaired) electrons. The van der Waals surface area contributed by atoms with Crippen LogP contribution in [0, 0.1) is 0 Å². The maximum atomic E-state index is 12.2. The van der Waals surface area contributed by atoms with Crippen molar-refractivity contribution in [2.75, 3.05) is 13.2 Å². The van der Waals surface area contributed by atoms with Crippen LogP contribution >= 0.6 is 0 Å². The summed E-state index contributed by atoms with van der Waals surface area (Å²) in [6.07, 6.45) is 5.25. The fraction of sp³-hybridized carbons (Fsp3) is 0.304. The van der Waals surface area contributed by atoms with E-state index in [4.69, 9.17) is 9.47 Å². The van der Waals surface area contributed by atoms with E-state index in [1.54, 1.807) is 6.20 Å². The second-order valence-electron chi connectivity index (χ2n) is 7.79. The summed E-state index contributed by atoms with van der Waals surface area (Å²) in [5.41, 5.74) is 3.04. The van der Waals surface area contributed by atoms with Crippen molar-refractivity contribution in [2.24, 2.45) is 0 Å². The molecule has 0 unspecified atom stereocenters. The molecule has 1 N–H and O–H groups in total. The molecule has 1 aromatic heterocycles. The van der Waals surface area contributed by atoms with Gasteiger partial charge in [0.1, 0.15) is 5.60 Å². The molecule has 2 aromatic carbocycles. The van der Waals surface area contributed by atoms with Gasteiger partial charge in [0.2, 0.25) is 0 Å². The molecule has 6 nitrogen and oxygen atoms in total. The number of para-hydroxylation sites is 1. The molecule has 29 heavy (non-hydrogen) atoms. The third-order valence-electron chi connectivity index (χ3n) is 4.85. The highest BCUT2D eigenvalue weighted by Gasteiger charge is 2.32. The lowest BCUT2D eigenvalue weighted by atomic mass is 10.0. The molecular formula is C23H25N3O3. The van der Waals surface area contributed by atoms with Crippen LogP contribution in [0.1, 0.15) is 25.0 Å². The minimum atomic E-state index is -0.239.